The van der Waals surface area contributed by atoms with E-state index in [-0.39, 0.29) is 11.5 Å². The number of aromatic nitrogens is 3. The number of piperidine rings is 1. The maximum atomic E-state index is 14.6. The number of nitrogens with zero attached hydrogens (tertiary/aromatic N) is 3. The molecule has 2 fully saturated rings. The molecule has 1 saturated heterocycles. The number of benzene rings is 1. The summed E-state index contributed by atoms with van der Waals surface area (Å²) in [6.07, 6.45) is -0.777. The van der Waals surface area contributed by atoms with Gasteiger partial charge in [0.1, 0.15) is 11.6 Å². The molecule has 3 heterocycles. The summed E-state index contributed by atoms with van der Waals surface area (Å²) in [7, 11) is 0. The van der Waals surface area contributed by atoms with Crippen LogP contribution < -0.4 is 10.6 Å². The van der Waals surface area contributed by atoms with Crippen molar-refractivity contribution in [3.63, 3.8) is 0 Å². The summed E-state index contributed by atoms with van der Waals surface area (Å²) < 4.78 is 55.0. The SMILES string of the molecule is Fc1cc(C(F)(F)F)ccc1C1CCCn2nc(NC3C4CCC3CNC4)nc21. The summed E-state index contributed by atoms with van der Waals surface area (Å²) in [4.78, 5) is 4.64. The van der Waals surface area contributed by atoms with Crippen LogP contribution in [0.15, 0.2) is 18.2 Å². The summed E-state index contributed by atoms with van der Waals surface area (Å²) in [5.41, 5.74) is -0.723. The average Bonchev–Trinajstić information content (AvgIpc) is 3.17. The van der Waals surface area contributed by atoms with E-state index in [1.165, 1.54) is 18.9 Å². The fraction of sp³-hybridized carbons (Fsp3) is 0.600. The van der Waals surface area contributed by atoms with Crippen LogP contribution in [0.3, 0.4) is 0 Å². The first-order valence-electron chi connectivity index (χ1n) is 10.2. The summed E-state index contributed by atoms with van der Waals surface area (Å²) >= 11 is 0. The van der Waals surface area contributed by atoms with Gasteiger partial charge in [0.15, 0.2) is 0 Å². The Morgan fingerprint density at radius 2 is 1.86 bits per heavy atom. The van der Waals surface area contributed by atoms with E-state index in [2.05, 4.69) is 20.7 Å². The van der Waals surface area contributed by atoms with Crippen LogP contribution in [0.25, 0.3) is 0 Å². The lowest BCUT2D eigenvalue weighted by Gasteiger charge is -2.31. The number of aryl methyl sites for hydroxylation is 1. The molecule has 2 bridgehead atoms. The largest absolute Gasteiger partial charge is 0.416 e. The van der Waals surface area contributed by atoms with E-state index < -0.39 is 17.6 Å². The van der Waals surface area contributed by atoms with Crippen molar-refractivity contribution >= 4 is 5.95 Å². The monoisotopic (exact) mass is 409 g/mol. The molecule has 1 saturated carbocycles. The Kier molecular flexibility index (Phi) is 4.53. The molecule has 3 aliphatic rings. The van der Waals surface area contributed by atoms with Crippen molar-refractivity contribution in [3.05, 3.63) is 41.0 Å². The molecule has 29 heavy (non-hydrogen) atoms. The molecule has 3 atom stereocenters. The van der Waals surface area contributed by atoms with Crippen molar-refractivity contribution in [2.24, 2.45) is 11.8 Å². The molecule has 0 amide bonds. The molecule has 2 N–H and O–H groups in total. The molecule has 1 aliphatic carbocycles. The standard InChI is InChI=1S/C20H23F4N5/c21-16-8-13(20(22,23)24)5-6-14(16)15-2-1-7-29-18(15)27-19(28-29)26-17-11-3-4-12(17)10-25-9-11/h5-6,8,11-12,15,17,25H,1-4,7,9-10H2,(H,26,28). The highest BCUT2D eigenvalue weighted by Crippen LogP contribution is 2.38. The van der Waals surface area contributed by atoms with Crippen molar-refractivity contribution in [1.82, 2.24) is 20.1 Å². The molecule has 9 heteroatoms. The minimum absolute atomic E-state index is 0.250. The fourth-order valence-electron chi connectivity index (χ4n) is 5.16. The summed E-state index contributed by atoms with van der Waals surface area (Å²) in [5, 5.41) is 11.5. The van der Waals surface area contributed by atoms with E-state index >= 15 is 0 Å². The van der Waals surface area contributed by atoms with Crippen molar-refractivity contribution in [2.45, 2.75) is 50.4 Å². The van der Waals surface area contributed by atoms with E-state index in [1.807, 2.05) is 0 Å². The minimum atomic E-state index is -4.56. The molecular weight excluding hydrogens is 386 g/mol. The normalized spacial score (nSPS) is 29.0. The lowest BCUT2D eigenvalue weighted by molar-refractivity contribution is -0.137. The van der Waals surface area contributed by atoms with Crippen LogP contribution in [0.5, 0.6) is 0 Å². The molecule has 0 radical (unpaired) electrons. The van der Waals surface area contributed by atoms with Gasteiger partial charge in [-0.1, -0.05) is 6.07 Å². The van der Waals surface area contributed by atoms with E-state index in [0.29, 0.717) is 48.7 Å². The van der Waals surface area contributed by atoms with Crippen LogP contribution in [0.1, 0.15) is 48.6 Å². The molecule has 2 aliphatic heterocycles. The van der Waals surface area contributed by atoms with E-state index in [9.17, 15) is 17.6 Å². The van der Waals surface area contributed by atoms with Gasteiger partial charge in [0.25, 0.3) is 0 Å². The van der Waals surface area contributed by atoms with Crippen molar-refractivity contribution < 1.29 is 17.6 Å². The smallest absolute Gasteiger partial charge is 0.350 e. The van der Waals surface area contributed by atoms with Crippen LogP contribution in [-0.2, 0) is 12.7 Å². The maximum Gasteiger partial charge on any atom is 0.416 e. The predicted molar refractivity (Wildman–Crippen MR) is 99.0 cm³/mol. The Labute approximate surface area is 165 Å². The maximum absolute atomic E-state index is 14.6. The lowest BCUT2D eigenvalue weighted by Crippen LogP contribution is -2.45. The first kappa shape index (κ1) is 18.8. The first-order chi connectivity index (χ1) is 13.9. The van der Waals surface area contributed by atoms with Gasteiger partial charge in [-0.15, -0.1) is 5.10 Å². The number of fused-ring (bicyclic) bond motifs is 3. The van der Waals surface area contributed by atoms with Gasteiger partial charge in [-0.2, -0.15) is 18.2 Å². The highest BCUT2D eigenvalue weighted by molar-refractivity contribution is 5.36. The van der Waals surface area contributed by atoms with Gasteiger partial charge in [0, 0.05) is 18.5 Å². The fourth-order valence-corrected chi connectivity index (χ4v) is 5.16. The summed E-state index contributed by atoms with van der Waals surface area (Å²) in [5.74, 6) is 1.04. The molecule has 3 unspecified atom stereocenters. The third-order valence-corrected chi connectivity index (χ3v) is 6.61. The van der Waals surface area contributed by atoms with Gasteiger partial charge < -0.3 is 10.6 Å². The summed E-state index contributed by atoms with van der Waals surface area (Å²) in [6.45, 7) is 2.66. The first-order valence-corrected chi connectivity index (χ1v) is 10.2. The number of rotatable bonds is 3. The van der Waals surface area contributed by atoms with Gasteiger partial charge in [-0.25, -0.2) is 9.07 Å². The molecule has 1 aromatic heterocycles. The molecule has 5 rings (SSSR count). The Bertz CT molecular complexity index is 893. The molecule has 2 aromatic rings. The van der Waals surface area contributed by atoms with Crippen LogP contribution in [-0.4, -0.2) is 33.9 Å². The molecule has 0 spiro atoms. The highest BCUT2D eigenvalue weighted by Gasteiger charge is 2.40. The second-order valence-electron chi connectivity index (χ2n) is 8.37. The number of anilines is 1. The highest BCUT2D eigenvalue weighted by atomic mass is 19.4. The number of halogens is 4. The van der Waals surface area contributed by atoms with Gasteiger partial charge in [-0.05, 0) is 68.3 Å². The molecule has 5 nitrogen and oxygen atoms in total. The Balaban J connectivity index is 1.41. The lowest BCUT2D eigenvalue weighted by atomic mass is 9.90. The Morgan fingerprint density at radius 3 is 2.55 bits per heavy atom. The van der Waals surface area contributed by atoms with Crippen LogP contribution in [0.4, 0.5) is 23.5 Å². The zero-order valence-electron chi connectivity index (χ0n) is 15.8. The number of hydrogen-bond acceptors (Lipinski definition) is 4. The minimum Gasteiger partial charge on any atom is -0.350 e. The molecule has 156 valence electrons. The van der Waals surface area contributed by atoms with E-state index in [4.69, 9.17) is 0 Å². The Morgan fingerprint density at radius 1 is 1.10 bits per heavy atom. The second kappa shape index (κ2) is 6.97. The van der Waals surface area contributed by atoms with Gasteiger partial charge in [0.2, 0.25) is 5.95 Å². The van der Waals surface area contributed by atoms with Crippen molar-refractivity contribution in [3.8, 4) is 0 Å². The second-order valence-corrected chi connectivity index (χ2v) is 8.37. The van der Waals surface area contributed by atoms with Crippen molar-refractivity contribution in [1.29, 1.82) is 0 Å². The van der Waals surface area contributed by atoms with Crippen LogP contribution in [0, 0.1) is 17.7 Å². The third kappa shape index (κ3) is 3.39. The summed E-state index contributed by atoms with van der Waals surface area (Å²) in [6, 6.07) is 3.10. The van der Waals surface area contributed by atoms with Crippen LogP contribution >= 0.6 is 0 Å². The number of nitrogens with one attached hydrogen (secondary N) is 2. The zero-order valence-corrected chi connectivity index (χ0v) is 15.8. The average molecular weight is 409 g/mol. The number of hydrogen-bond donors (Lipinski definition) is 2. The van der Waals surface area contributed by atoms with Crippen molar-refractivity contribution in [2.75, 3.05) is 18.4 Å². The van der Waals surface area contributed by atoms with E-state index in [0.717, 1.165) is 25.6 Å². The molecular formula is C20H23F4N5. The van der Waals surface area contributed by atoms with Gasteiger partial charge in [-0.3, -0.25) is 0 Å². The van der Waals surface area contributed by atoms with Crippen LogP contribution in [0.2, 0.25) is 0 Å². The zero-order chi connectivity index (χ0) is 20.2. The van der Waals surface area contributed by atoms with E-state index in [1.54, 1.807) is 4.68 Å². The van der Waals surface area contributed by atoms with Gasteiger partial charge in [0.05, 0.1) is 5.56 Å². The number of alkyl halides is 3. The topological polar surface area (TPSA) is 54.8 Å². The van der Waals surface area contributed by atoms with Gasteiger partial charge >= 0.3 is 6.18 Å². The quantitative estimate of drug-likeness (QED) is 0.758. The predicted octanol–water partition coefficient (Wildman–Crippen LogP) is 3.77. The Hall–Kier alpha value is -2.16. The molecule has 1 aromatic carbocycles. The third-order valence-electron chi connectivity index (χ3n) is 6.61.